The molecule has 0 aliphatic heterocycles. The summed E-state index contributed by atoms with van der Waals surface area (Å²) < 4.78 is 0. The number of hydrogen-bond donors (Lipinski definition) is 2. The molecule has 0 aromatic rings. The lowest BCUT2D eigenvalue weighted by Gasteiger charge is -2.26. The molecular formula is C13H26N2O. The van der Waals surface area contributed by atoms with E-state index in [1.54, 1.807) is 0 Å². The molecule has 0 bridgehead atoms. The molecule has 16 heavy (non-hydrogen) atoms. The zero-order chi connectivity index (χ0) is 11.8. The van der Waals surface area contributed by atoms with Gasteiger partial charge in [-0.15, -0.1) is 0 Å². The Hall–Kier alpha value is -0.570. The van der Waals surface area contributed by atoms with Crippen LogP contribution in [0.5, 0.6) is 0 Å². The SMILES string of the molecule is CNCCCC(=O)NCC1CCC(C)CC1. The van der Waals surface area contributed by atoms with Crippen LogP contribution in [0.3, 0.4) is 0 Å². The van der Waals surface area contributed by atoms with Crippen molar-refractivity contribution >= 4 is 5.91 Å². The van der Waals surface area contributed by atoms with Gasteiger partial charge in [-0.1, -0.05) is 19.8 Å². The molecular weight excluding hydrogens is 200 g/mol. The molecule has 0 radical (unpaired) electrons. The molecule has 0 unspecified atom stereocenters. The highest BCUT2D eigenvalue weighted by atomic mass is 16.1. The van der Waals surface area contributed by atoms with Gasteiger partial charge in [-0.2, -0.15) is 0 Å². The van der Waals surface area contributed by atoms with Crippen LogP contribution < -0.4 is 10.6 Å². The van der Waals surface area contributed by atoms with Gasteiger partial charge in [0.15, 0.2) is 0 Å². The maximum atomic E-state index is 11.5. The molecule has 1 amide bonds. The van der Waals surface area contributed by atoms with Crippen LogP contribution in [0, 0.1) is 11.8 Å². The minimum atomic E-state index is 0.217. The van der Waals surface area contributed by atoms with Gasteiger partial charge in [0.25, 0.3) is 0 Å². The van der Waals surface area contributed by atoms with E-state index in [-0.39, 0.29) is 5.91 Å². The third-order valence-corrected chi connectivity index (χ3v) is 3.55. The largest absolute Gasteiger partial charge is 0.356 e. The third kappa shape index (κ3) is 5.50. The van der Waals surface area contributed by atoms with Crippen molar-refractivity contribution in [2.45, 2.75) is 45.4 Å². The smallest absolute Gasteiger partial charge is 0.220 e. The first-order valence-electron chi connectivity index (χ1n) is 6.63. The number of amides is 1. The fourth-order valence-corrected chi connectivity index (χ4v) is 2.31. The molecule has 0 saturated heterocycles. The topological polar surface area (TPSA) is 41.1 Å². The summed E-state index contributed by atoms with van der Waals surface area (Å²) in [5.41, 5.74) is 0. The quantitative estimate of drug-likeness (QED) is 0.679. The van der Waals surface area contributed by atoms with Crippen LogP contribution in [0.25, 0.3) is 0 Å². The van der Waals surface area contributed by atoms with Gasteiger partial charge >= 0.3 is 0 Å². The van der Waals surface area contributed by atoms with Crippen molar-refractivity contribution in [3.8, 4) is 0 Å². The Morgan fingerprint density at radius 3 is 2.56 bits per heavy atom. The first kappa shape index (κ1) is 13.5. The minimum Gasteiger partial charge on any atom is -0.356 e. The summed E-state index contributed by atoms with van der Waals surface area (Å²) in [6, 6.07) is 0. The fourth-order valence-electron chi connectivity index (χ4n) is 2.31. The third-order valence-electron chi connectivity index (χ3n) is 3.55. The van der Waals surface area contributed by atoms with Gasteiger partial charge < -0.3 is 10.6 Å². The van der Waals surface area contributed by atoms with Gasteiger partial charge in [-0.25, -0.2) is 0 Å². The van der Waals surface area contributed by atoms with Crippen molar-refractivity contribution in [1.29, 1.82) is 0 Å². The molecule has 3 nitrogen and oxygen atoms in total. The highest BCUT2D eigenvalue weighted by Gasteiger charge is 2.18. The predicted molar refractivity (Wildman–Crippen MR) is 67.3 cm³/mol. The predicted octanol–water partition coefficient (Wildman–Crippen LogP) is 1.93. The van der Waals surface area contributed by atoms with E-state index >= 15 is 0 Å². The highest BCUT2D eigenvalue weighted by molar-refractivity contribution is 5.75. The Morgan fingerprint density at radius 2 is 1.94 bits per heavy atom. The molecule has 1 saturated carbocycles. The normalized spacial score (nSPS) is 25.4. The van der Waals surface area contributed by atoms with Crippen LogP contribution >= 0.6 is 0 Å². The molecule has 0 aromatic heterocycles. The molecule has 1 fully saturated rings. The number of rotatable bonds is 6. The summed E-state index contributed by atoms with van der Waals surface area (Å²) in [5, 5.41) is 6.11. The van der Waals surface area contributed by atoms with Crippen molar-refractivity contribution in [1.82, 2.24) is 10.6 Å². The maximum absolute atomic E-state index is 11.5. The summed E-state index contributed by atoms with van der Waals surface area (Å²) in [6.07, 6.45) is 6.84. The van der Waals surface area contributed by atoms with E-state index in [0.717, 1.165) is 31.3 Å². The lowest BCUT2D eigenvalue weighted by Crippen LogP contribution is -2.31. The van der Waals surface area contributed by atoms with E-state index in [9.17, 15) is 4.79 Å². The first-order chi connectivity index (χ1) is 7.72. The van der Waals surface area contributed by atoms with Crippen molar-refractivity contribution in [3.63, 3.8) is 0 Å². The molecule has 0 atom stereocenters. The van der Waals surface area contributed by atoms with Gasteiger partial charge in [0.2, 0.25) is 5.91 Å². The van der Waals surface area contributed by atoms with Crippen molar-refractivity contribution in [2.75, 3.05) is 20.1 Å². The number of carbonyl (C=O) groups is 1. The summed E-state index contributed by atoms with van der Waals surface area (Å²) in [5.74, 6) is 1.83. The lowest BCUT2D eigenvalue weighted by atomic mass is 9.83. The molecule has 0 aromatic carbocycles. The summed E-state index contributed by atoms with van der Waals surface area (Å²) in [4.78, 5) is 11.5. The van der Waals surface area contributed by atoms with E-state index in [0.29, 0.717) is 6.42 Å². The van der Waals surface area contributed by atoms with Crippen LogP contribution in [0.1, 0.15) is 45.4 Å². The van der Waals surface area contributed by atoms with Gasteiger partial charge in [0.1, 0.15) is 0 Å². The molecule has 3 heteroatoms. The molecule has 0 heterocycles. The summed E-state index contributed by atoms with van der Waals surface area (Å²) in [6.45, 7) is 4.14. The fraction of sp³-hybridized carbons (Fsp3) is 0.923. The van der Waals surface area contributed by atoms with Gasteiger partial charge in [0.05, 0.1) is 0 Å². The first-order valence-corrected chi connectivity index (χ1v) is 6.63. The zero-order valence-electron chi connectivity index (χ0n) is 10.7. The Balaban J connectivity index is 2.03. The average Bonchev–Trinajstić information content (AvgIpc) is 2.29. The van der Waals surface area contributed by atoms with Crippen molar-refractivity contribution in [3.05, 3.63) is 0 Å². The Kier molecular flexibility index (Phi) is 6.46. The second-order valence-corrected chi connectivity index (χ2v) is 5.14. The minimum absolute atomic E-state index is 0.217. The van der Waals surface area contributed by atoms with E-state index in [1.807, 2.05) is 7.05 Å². The molecule has 1 rings (SSSR count). The van der Waals surface area contributed by atoms with Crippen molar-refractivity contribution < 1.29 is 4.79 Å². The molecule has 94 valence electrons. The molecule has 2 N–H and O–H groups in total. The monoisotopic (exact) mass is 226 g/mol. The van der Waals surface area contributed by atoms with E-state index in [2.05, 4.69) is 17.6 Å². The Bertz CT molecular complexity index is 198. The van der Waals surface area contributed by atoms with Gasteiger partial charge in [-0.05, 0) is 44.7 Å². The van der Waals surface area contributed by atoms with E-state index in [1.165, 1.54) is 25.7 Å². The average molecular weight is 226 g/mol. The Labute approximate surface area is 99.4 Å². The molecule has 1 aliphatic carbocycles. The Morgan fingerprint density at radius 1 is 1.25 bits per heavy atom. The zero-order valence-corrected chi connectivity index (χ0v) is 10.7. The highest BCUT2D eigenvalue weighted by Crippen LogP contribution is 2.27. The van der Waals surface area contributed by atoms with Crippen LogP contribution in [0.4, 0.5) is 0 Å². The van der Waals surface area contributed by atoms with Gasteiger partial charge in [0, 0.05) is 13.0 Å². The van der Waals surface area contributed by atoms with Crippen LogP contribution in [-0.2, 0) is 4.79 Å². The number of nitrogens with one attached hydrogen (secondary N) is 2. The van der Waals surface area contributed by atoms with Crippen LogP contribution in [0.15, 0.2) is 0 Å². The molecule has 0 spiro atoms. The van der Waals surface area contributed by atoms with E-state index in [4.69, 9.17) is 0 Å². The van der Waals surface area contributed by atoms with Crippen molar-refractivity contribution in [2.24, 2.45) is 11.8 Å². The second-order valence-electron chi connectivity index (χ2n) is 5.14. The summed E-state index contributed by atoms with van der Waals surface area (Å²) >= 11 is 0. The van der Waals surface area contributed by atoms with Crippen LogP contribution in [0.2, 0.25) is 0 Å². The number of hydrogen-bond acceptors (Lipinski definition) is 2. The standard InChI is InChI=1S/C13H26N2O/c1-11-5-7-12(8-6-11)10-15-13(16)4-3-9-14-2/h11-12,14H,3-10H2,1-2H3,(H,15,16). The van der Waals surface area contributed by atoms with Gasteiger partial charge in [-0.3, -0.25) is 4.79 Å². The van der Waals surface area contributed by atoms with E-state index < -0.39 is 0 Å². The lowest BCUT2D eigenvalue weighted by molar-refractivity contribution is -0.121. The maximum Gasteiger partial charge on any atom is 0.220 e. The second kappa shape index (κ2) is 7.66. The summed E-state index contributed by atoms with van der Waals surface area (Å²) in [7, 11) is 1.92. The van der Waals surface area contributed by atoms with Crippen LogP contribution in [-0.4, -0.2) is 26.0 Å². The molecule has 1 aliphatic rings. The number of carbonyl (C=O) groups excluding carboxylic acids is 1.